The van der Waals surface area contributed by atoms with Crippen LogP contribution in [0.2, 0.25) is 0 Å². The van der Waals surface area contributed by atoms with Gasteiger partial charge < -0.3 is 9.80 Å². The molecule has 0 unspecified atom stereocenters. The van der Waals surface area contributed by atoms with Crippen LogP contribution >= 0.6 is 11.3 Å². The molecule has 27 heavy (non-hydrogen) atoms. The first-order chi connectivity index (χ1) is 12.6. The third kappa shape index (κ3) is 6.21. The number of thiophene rings is 1. The summed E-state index contributed by atoms with van der Waals surface area (Å²) in [6, 6.07) is 4.01. The van der Waals surface area contributed by atoms with Gasteiger partial charge >= 0.3 is 6.18 Å². The van der Waals surface area contributed by atoms with Crippen molar-refractivity contribution in [2.24, 2.45) is 5.10 Å². The maximum Gasteiger partial charge on any atom is 0.407 e. The number of hydrogen-bond acceptors (Lipinski definition) is 5. The minimum Gasteiger partial charge on any atom is -0.338 e. The second-order valence-electron chi connectivity index (χ2n) is 6.98. The molecule has 0 radical (unpaired) electrons. The zero-order valence-corrected chi connectivity index (χ0v) is 17.0. The molecule has 0 saturated carbocycles. The molecule has 1 saturated heterocycles. The van der Waals surface area contributed by atoms with Gasteiger partial charge in [0, 0.05) is 26.2 Å². The van der Waals surface area contributed by atoms with Crippen LogP contribution in [-0.4, -0.2) is 79.4 Å². The lowest BCUT2D eigenvalue weighted by Crippen LogP contribution is -2.44. The van der Waals surface area contributed by atoms with E-state index in [2.05, 4.69) is 24.1 Å². The summed E-state index contributed by atoms with van der Waals surface area (Å²) in [6.45, 7) is 2.18. The van der Waals surface area contributed by atoms with Gasteiger partial charge in [0.2, 0.25) is 0 Å². The highest BCUT2D eigenvalue weighted by atomic mass is 32.1. The average molecular weight is 405 g/mol. The summed E-state index contributed by atoms with van der Waals surface area (Å²) < 4.78 is 37.5. The molecule has 2 rings (SSSR count). The summed E-state index contributed by atoms with van der Waals surface area (Å²) in [5, 5.41) is 4.97. The summed E-state index contributed by atoms with van der Waals surface area (Å²) in [4.78, 5) is 18.1. The Bertz CT molecular complexity index is 664. The number of piperidine rings is 1. The van der Waals surface area contributed by atoms with Crippen molar-refractivity contribution in [1.82, 2.24) is 14.8 Å². The number of alkyl halides is 3. The number of carbonyl (C=O) groups is 1. The van der Waals surface area contributed by atoms with Crippen LogP contribution < -0.4 is 0 Å². The summed E-state index contributed by atoms with van der Waals surface area (Å²) >= 11 is 1.29. The number of amides is 1. The van der Waals surface area contributed by atoms with Crippen molar-refractivity contribution < 1.29 is 18.0 Å². The van der Waals surface area contributed by atoms with E-state index in [9.17, 15) is 18.0 Å². The van der Waals surface area contributed by atoms with E-state index in [0.29, 0.717) is 23.1 Å². The lowest BCUT2D eigenvalue weighted by atomic mass is 10.0. The van der Waals surface area contributed by atoms with Crippen LogP contribution in [0, 0.1) is 0 Å². The maximum atomic E-state index is 12.7. The predicted octanol–water partition coefficient (Wildman–Crippen LogP) is 3.52. The molecule has 1 aliphatic heterocycles. The number of halogens is 3. The zero-order chi connectivity index (χ0) is 20.2. The first kappa shape index (κ1) is 21.7. The summed E-state index contributed by atoms with van der Waals surface area (Å²) in [6.07, 6.45) is -1.92. The molecule has 0 atom stereocenters. The van der Waals surface area contributed by atoms with Gasteiger partial charge in [-0.3, -0.25) is 9.80 Å². The predicted molar refractivity (Wildman–Crippen MR) is 102 cm³/mol. The van der Waals surface area contributed by atoms with E-state index in [1.807, 2.05) is 11.8 Å². The van der Waals surface area contributed by atoms with Crippen molar-refractivity contribution in [3.63, 3.8) is 0 Å². The van der Waals surface area contributed by atoms with Crippen molar-refractivity contribution >= 4 is 23.0 Å². The third-order valence-electron chi connectivity index (χ3n) is 4.62. The Labute approximate surface area is 162 Å². The van der Waals surface area contributed by atoms with E-state index in [1.54, 1.807) is 12.1 Å². The van der Waals surface area contributed by atoms with Gasteiger partial charge in [0.25, 0.3) is 5.91 Å². The molecule has 2 heterocycles. The normalized spacial score (nSPS) is 16.9. The average Bonchev–Trinajstić information content (AvgIpc) is 3.07. The second kappa shape index (κ2) is 9.05. The first-order valence-corrected chi connectivity index (χ1v) is 9.83. The molecule has 9 heteroatoms. The Hall–Kier alpha value is -1.61. The van der Waals surface area contributed by atoms with E-state index in [0.717, 1.165) is 35.8 Å². The lowest BCUT2D eigenvalue weighted by molar-refractivity contribution is -0.142. The van der Waals surface area contributed by atoms with Crippen molar-refractivity contribution in [2.45, 2.75) is 38.4 Å². The molecule has 1 amide bonds. The second-order valence-corrected chi connectivity index (χ2v) is 8.07. The highest BCUT2D eigenvalue weighted by Gasteiger charge is 2.29. The zero-order valence-electron chi connectivity index (χ0n) is 16.2. The van der Waals surface area contributed by atoms with Gasteiger partial charge in [-0.2, -0.15) is 18.3 Å². The fourth-order valence-electron chi connectivity index (χ4n) is 3.14. The quantitative estimate of drug-likeness (QED) is 0.538. The molecule has 0 bridgehead atoms. The van der Waals surface area contributed by atoms with Crippen LogP contribution in [0.5, 0.6) is 0 Å². The number of hydrazone groups is 1. The smallest absolute Gasteiger partial charge is 0.338 e. The van der Waals surface area contributed by atoms with E-state index in [-0.39, 0.29) is 5.91 Å². The molecule has 0 N–H and O–H groups in total. The number of likely N-dealkylation sites (tertiary alicyclic amines) is 1. The van der Waals surface area contributed by atoms with Crippen molar-refractivity contribution in [3.05, 3.63) is 21.9 Å². The Morgan fingerprint density at radius 3 is 2.33 bits per heavy atom. The molecular formula is C18H27F3N4OS. The molecule has 5 nitrogen and oxygen atoms in total. The molecular weight excluding hydrogens is 377 g/mol. The number of carbonyl (C=O) groups excluding carboxylic acids is 1. The Morgan fingerprint density at radius 1 is 1.22 bits per heavy atom. The van der Waals surface area contributed by atoms with Crippen LogP contribution in [0.1, 0.15) is 40.7 Å². The fraction of sp³-hybridized carbons (Fsp3) is 0.667. The number of hydrogen-bond donors (Lipinski definition) is 0. The van der Waals surface area contributed by atoms with Crippen LogP contribution in [0.25, 0.3) is 0 Å². The van der Waals surface area contributed by atoms with Crippen molar-refractivity contribution in [2.75, 3.05) is 40.8 Å². The van der Waals surface area contributed by atoms with Crippen LogP contribution in [0.15, 0.2) is 17.2 Å². The van der Waals surface area contributed by atoms with Crippen molar-refractivity contribution in [1.29, 1.82) is 0 Å². The van der Waals surface area contributed by atoms with Gasteiger partial charge in [-0.25, -0.2) is 0 Å². The van der Waals surface area contributed by atoms with Crippen LogP contribution in [0.4, 0.5) is 13.2 Å². The lowest BCUT2D eigenvalue weighted by Gasteiger charge is -2.35. The largest absolute Gasteiger partial charge is 0.407 e. The third-order valence-corrected chi connectivity index (χ3v) is 5.74. The van der Waals surface area contributed by atoms with Gasteiger partial charge in [0.05, 0.1) is 15.5 Å². The van der Waals surface area contributed by atoms with Gasteiger partial charge in [-0.1, -0.05) is 6.92 Å². The van der Waals surface area contributed by atoms with Gasteiger partial charge in [-0.15, -0.1) is 11.3 Å². The Morgan fingerprint density at radius 2 is 1.81 bits per heavy atom. The molecule has 1 aliphatic rings. The minimum absolute atomic E-state index is 0.0115. The monoisotopic (exact) mass is 404 g/mol. The highest BCUT2D eigenvalue weighted by molar-refractivity contribution is 7.16. The van der Waals surface area contributed by atoms with E-state index in [4.69, 9.17) is 0 Å². The number of nitrogens with zero attached hydrogens (tertiary/aromatic N) is 4. The number of rotatable bonds is 6. The Kier molecular flexibility index (Phi) is 7.27. The molecule has 1 aromatic heterocycles. The Balaban J connectivity index is 2.05. The van der Waals surface area contributed by atoms with E-state index >= 15 is 0 Å². The molecule has 1 fully saturated rings. The van der Waals surface area contributed by atoms with E-state index < -0.39 is 12.7 Å². The van der Waals surface area contributed by atoms with Crippen LogP contribution in [-0.2, 0) is 0 Å². The minimum atomic E-state index is -4.30. The summed E-state index contributed by atoms with van der Waals surface area (Å²) in [7, 11) is 5.40. The van der Waals surface area contributed by atoms with Gasteiger partial charge in [0.1, 0.15) is 6.54 Å². The maximum absolute atomic E-state index is 12.7. The molecule has 0 aliphatic carbocycles. The summed E-state index contributed by atoms with van der Waals surface area (Å²) in [5.74, 6) is -0.0115. The molecule has 0 spiro atoms. The standard InChI is InChI=1S/C18H27F3N4OS/c1-5-14(22-24(4)12-18(19,20)21)15-6-7-16(27-15)17(26)25-10-8-13(9-11-25)23(2)3/h6-7,13H,5,8-12H2,1-4H3/b22-14+. The first-order valence-electron chi connectivity index (χ1n) is 9.02. The van der Waals surface area contributed by atoms with E-state index in [1.165, 1.54) is 18.4 Å². The van der Waals surface area contributed by atoms with Gasteiger partial charge in [0.15, 0.2) is 0 Å². The van der Waals surface area contributed by atoms with Gasteiger partial charge in [-0.05, 0) is 45.5 Å². The summed E-state index contributed by atoms with van der Waals surface area (Å²) in [5.41, 5.74) is 0.553. The van der Waals surface area contributed by atoms with Crippen molar-refractivity contribution in [3.8, 4) is 0 Å². The topological polar surface area (TPSA) is 39.2 Å². The van der Waals surface area contributed by atoms with Crippen LogP contribution in [0.3, 0.4) is 0 Å². The molecule has 152 valence electrons. The molecule has 0 aromatic carbocycles. The SMILES string of the molecule is CC/C(=N\N(C)CC(F)(F)F)c1ccc(C(=O)N2CCC(N(C)C)CC2)s1. The fourth-order valence-corrected chi connectivity index (χ4v) is 4.17. The highest BCUT2D eigenvalue weighted by Crippen LogP contribution is 2.24. The molecule has 1 aromatic rings.